The molecule has 2 heterocycles. The summed E-state index contributed by atoms with van der Waals surface area (Å²) in [6.07, 6.45) is 1.72. The van der Waals surface area contributed by atoms with Crippen molar-refractivity contribution in [3.8, 4) is 11.8 Å². The first-order valence-corrected chi connectivity index (χ1v) is 8.93. The van der Waals surface area contributed by atoms with E-state index in [1.54, 1.807) is 6.20 Å². The zero-order valence-corrected chi connectivity index (χ0v) is 16.0. The fourth-order valence-corrected chi connectivity index (χ4v) is 2.84. The van der Waals surface area contributed by atoms with Crippen molar-refractivity contribution in [1.82, 2.24) is 10.3 Å². The number of nitrogen functional groups attached to an aromatic ring is 1. The van der Waals surface area contributed by atoms with Gasteiger partial charge in [-0.25, -0.2) is 4.98 Å². The molecular weight excluding hydrogens is 332 g/mol. The molecule has 0 aliphatic carbocycles. The Hall–Kier alpha value is -3.32. The second-order valence-corrected chi connectivity index (χ2v) is 7.04. The zero-order chi connectivity index (χ0) is 19.3. The van der Waals surface area contributed by atoms with Gasteiger partial charge in [-0.3, -0.25) is 4.99 Å². The molecule has 4 nitrogen and oxygen atoms in total. The lowest BCUT2D eigenvalue weighted by Gasteiger charge is -2.18. The lowest BCUT2D eigenvalue weighted by atomic mass is 10.1. The smallest absolute Gasteiger partial charge is 0.131 e. The third kappa shape index (κ3) is 4.65. The molecule has 4 rings (SSSR count). The fraction of sp³-hybridized carbons (Fsp3) is 0.217. The number of hydrogen-bond donors (Lipinski definition) is 2. The average Bonchev–Trinajstić information content (AvgIpc) is 3.04. The molecular formula is C23H24N4. The van der Waals surface area contributed by atoms with Gasteiger partial charge in [-0.05, 0) is 44.4 Å². The maximum atomic E-state index is 5.65. The van der Waals surface area contributed by atoms with Gasteiger partial charge >= 0.3 is 0 Å². The van der Waals surface area contributed by atoms with Crippen molar-refractivity contribution in [2.45, 2.75) is 26.3 Å². The molecule has 0 unspecified atom stereocenters. The van der Waals surface area contributed by atoms with Crippen LogP contribution in [0.5, 0.6) is 0 Å². The number of benzene rings is 2. The number of amidine groups is 1. The highest BCUT2D eigenvalue weighted by Gasteiger charge is 2.25. The van der Waals surface area contributed by atoms with Crippen LogP contribution < -0.4 is 11.1 Å². The van der Waals surface area contributed by atoms with Crippen LogP contribution in [0.2, 0.25) is 0 Å². The van der Waals surface area contributed by atoms with E-state index in [-0.39, 0.29) is 5.54 Å². The molecule has 0 bridgehead atoms. The Labute approximate surface area is 160 Å². The number of nitrogens with zero attached hydrogens (tertiary/aromatic N) is 2. The minimum absolute atomic E-state index is 0.0806. The Morgan fingerprint density at radius 3 is 2.41 bits per heavy atom. The van der Waals surface area contributed by atoms with Crippen molar-refractivity contribution in [2.75, 3.05) is 12.3 Å². The van der Waals surface area contributed by atoms with E-state index in [1.807, 2.05) is 49.4 Å². The van der Waals surface area contributed by atoms with Gasteiger partial charge in [0, 0.05) is 22.7 Å². The van der Waals surface area contributed by atoms with Crippen LogP contribution >= 0.6 is 0 Å². The number of nitrogens with one attached hydrogen (secondary N) is 1. The maximum Gasteiger partial charge on any atom is 0.131 e. The van der Waals surface area contributed by atoms with Crippen molar-refractivity contribution < 1.29 is 0 Å². The predicted molar refractivity (Wildman–Crippen MR) is 114 cm³/mol. The summed E-state index contributed by atoms with van der Waals surface area (Å²) in [6.45, 7) is 6.98. The van der Waals surface area contributed by atoms with Gasteiger partial charge in [0.25, 0.3) is 0 Å². The van der Waals surface area contributed by atoms with Crippen molar-refractivity contribution in [3.05, 3.63) is 71.9 Å². The summed E-state index contributed by atoms with van der Waals surface area (Å²) in [7, 11) is 0. The molecule has 27 heavy (non-hydrogen) atoms. The van der Waals surface area contributed by atoms with E-state index in [9.17, 15) is 0 Å². The molecule has 4 heteroatoms. The van der Waals surface area contributed by atoms with E-state index in [1.165, 1.54) is 0 Å². The number of aliphatic imine (C=N–C) groups is 1. The molecule has 2 aromatic carbocycles. The summed E-state index contributed by atoms with van der Waals surface area (Å²) in [4.78, 5) is 8.49. The third-order valence-electron chi connectivity index (χ3n) is 4.22. The SMILES string of the molecule is CC#Cc1ccc(C2=NCC(C)(C)N2)cc1.Nc1nccc2ccccc12. The Morgan fingerprint density at radius 1 is 1.04 bits per heavy atom. The second kappa shape index (κ2) is 7.92. The number of nitrogens with two attached hydrogens (primary N) is 1. The highest BCUT2D eigenvalue weighted by atomic mass is 15.1. The lowest BCUT2D eigenvalue weighted by Crippen LogP contribution is -2.39. The molecule has 0 saturated carbocycles. The van der Waals surface area contributed by atoms with E-state index in [2.05, 4.69) is 53.1 Å². The predicted octanol–water partition coefficient (Wildman–Crippen LogP) is 4.00. The van der Waals surface area contributed by atoms with Gasteiger partial charge in [-0.1, -0.05) is 42.3 Å². The number of pyridine rings is 1. The van der Waals surface area contributed by atoms with Crippen molar-refractivity contribution in [3.63, 3.8) is 0 Å². The van der Waals surface area contributed by atoms with E-state index in [0.29, 0.717) is 5.82 Å². The van der Waals surface area contributed by atoms with Crippen molar-refractivity contribution in [2.24, 2.45) is 4.99 Å². The molecule has 1 aliphatic rings. The highest BCUT2D eigenvalue weighted by Crippen LogP contribution is 2.17. The van der Waals surface area contributed by atoms with Gasteiger partial charge in [0.15, 0.2) is 0 Å². The van der Waals surface area contributed by atoms with Crippen molar-refractivity contribution >= 4 is 22.4 Å². The number of anilines is 1. The van der Waals surface area contributed by atoms with E-state index >= 15 is 0 Å². The summed E-state index contributed by atoms with van der Waals surface area (Å²) in [5.41, 5.74) is 7.90. The quantitative estimate of drug-likeness (QED) is 0.648. The Morgan fingerprint density at radius 2 is 1.78 bits per heavy atom. The van der Waals surface area contributed by atoms with Gasteiger partial charge in [-0.2, -0.15) is 0 Å². The zero-order valence-electron chi connectivity index (χ0n) is 16.0. The first-order valence-electron chi connectivity index (χ1n) is 8.93. The molecule has 1 aromatic heterocycles. The van der Waals surface area contributed by atoms with E-state index in [4.69, 9.17) is 5.73 Å². The van der Waals surface area contributed by atoms with Crippen LogP contribution in [0.25, 0.3) is 10.8 Å². The van der Waals surface area contributed by atoms with Crippen LogP contribution in [0.3, 0.4) is 0 Å². The summed E-state index contributed by atoms with van der Waals surface area (Å²) in [5, 5.41) is 5.57. The summed E-state index contributed by atoms with van der Waals surface area (Å²) in [6, 6.07) is 18.1. The number of rotatable bonds is 1. The summed E-state index contributed by atoms with van der Waals surface area (Å²) in [5.74, 6) is 7.51. The van der Waals surface area contributed by atoms with Gasteiger partial charge in [0.1, 0.15) is 11.7 Å². The standard InChI is InChI=1S/C14H16N2.C9H8N2/c1-4-5-11-6-8-12(9-7-11)13-15-10-14(2,3)16-13;10-9-8-4-2-1-3-7(8)5-6-11-9/h6-9H,10H2,1-3H3,(H,15,16);1-6H,(H2,10,11). The molecule has 0 fully saturated rings. The Kier molecular flexibility index (Phi) is 5.42. The minimum atomic E-state index is 0.0806. The first kappa shape index (κ1) is 18.5. The van der Waals surface area contributed by atoms with Gasteiger partial charge in [0.05, 0.1) is 12.1 Å². The summed E-state index contributed by atoms with van der Waals surface area (Å²) < 4.78 is 0. The largest absolute Gasteiger partial charge is 0.383 e. The molecule has 0 saturated heterocycles. The number of hydrogen-bond acceptors (Lipinski definition) is 4. The van der Waals surface area contributed by atoms with Crippen LogP contribution in [0.4, 0.5) is 5.82 Å². The molecule has 0 amide bonds. The van der Waals surface area contributed by atoms with Crippen LogP contribution in [-0.2, 0) is 0 Å². The topological polar surface area (TPSA) is 63.3 Å². The van der Waals surface area contributed by atoms with Crippen LogP contribution in [-0.4, -0.2) is 22.9 Å². The van der Waals surface area contributed by atoms with Crippen molar-refractivity contribution in [1.29, 1.82) is 0 Å². The van der Waals surface area contributed by atoms with Gasteiger partial charge < -0.3 is 11.1 Å². The Balaban J connectivity index is 0.000000166. The van der Waals surface area contributed by atoms with Crippen LogP contribution in [0, 0.1) is 11.8 Å². The van der Waals surface area contributed by atoms with Gasteiger partial charge in [0.2, 0.25) is 0 Å². The molecule has 0 radical (unpaired) electrons. The average molecular weight is 356 g/mol. The lowest BCUT2D eigenvalue weighted by molar-refractivity contribution is 0.506. The monoisotopic (exact) mass is 356 g/mol. The second-order valence-electron chi connectivity index (χ2n) is 7.04. The fourth-order valence-electron chi connectivity index (χ4n) is 2.84. The molecule has 3 aromatic rings. The molecule has 1 aliphatic heterocycles. The normalized spacial score (nSPS) is 14.3. The maximum absolute atomic E-state index is 5.65. The molecule has 0 spiro atoms. The van der Waals surface area contributed by atoms with Crippen LogP contribution in [0.15, 0.2) is 65.8 Å². The molecule has 136 valence electrons. The van der Waals surface area contributed by atoms with E-state index in [0.717, 1.165) is 34.3 Å². The van der Waals surface area contributed by atoms with Crippen LogP contribution in [0.1, 0.15) is 31.9 Å². The van der Waals surface area contributed by atoms with Gasteiger partial charge in [-0.15, -0.1) is 5.92 Å². The third-order valence-corrected chi connectivity index (χ3v) is 4.22. The molecule has 3 N–H and O–H groups in total. The summed E-state index contributed by atoms with van der Waals surface area (Å²) >= 11 is 0. The molecule has 0 atom stereocenters. The first-order chi connectivity index (χ1) is 13.0. The highest BCUT2D eigenvalue weighted by molar-refractivity contribution is 6.00. The minimum Gasteiger partial charge on any atom is -0.383 e. The number of aromatic nitrogens is 1. The Bertz CT molecular complexity index is 1020. The number of fused-ring (bicyclic) bond motifs is 1. The van der Waals surface area contributed by atoms with E-state index < -0.39 is 0 Å².